The third-order valence-electron chi connectivity index (χ3n) is 3.28. The Kier molecular flexibility index (Phi) is 4.66. The molecule has 1 N–H and O–H groups in total. The average molecular weight is 275 g/mol. The lowest BCUT2D eigenvalue weighted by Crippen LogP contribution is -2.24. The average Bonchev–Trinajstić information content (AvgIpc) is 2.72. The second-order valence-electron chi connectivity index (χ2n) is 4.81. The van der Waals surface area contributed by atoms with Gasteiger partial charge in [0, 0.05) is 17.3 Å². The van der Waals surface area contributed by atoms with Crippen LogP contribution in [0.15, 0.2) is 18.5 Å². The number of thiazole rings is 1. The molecular formula is C15H21N3S. The molecule has 2 heterocycles. The van der Waals surface area contributed by atoms with Crippen LogP contribution in [0.4, 0.5) is 0 Å². The van der Waals surface area contributed by atoms with Crippen molar-refractivity contribution >= 4 is 11.3 Å². The van der Waals surface area contributed by atoms with Gasteiger partial charge < -0.3 is 5.32 Å². The number of nitrogens with zero attached hydrogens (tertiary/aromatic N) is 2. The summed E-state index contributed by atoms with van der Waals surface area (Å²) < 4.78 is 0. The second kappa shape index (κ2) is 6.26. The molecule has 0 aromatic carbocycles. The maximum absolute atomic E-state index is 4.71. The fourth-order valence-electron chi connectivity index (χ4n) is 2.02. The van der Waals surface area contributed by atoms with E-state index in [0.29, 0.717) is 0 Å². The van der Waals surface area contributed by atoms with E-state index < -0.39 is 0 Å². The zero-order valence-electron chi connectivity index (χ0n) is 12.0. The van der Waals surface area contributed by atoms with Gasteiger partial charge >= 0.3 is 0 Å². The molecule has 0 bridgehead atoms. The number of hydrogen-bond acceptors (Lipinski definition) is 4. The summed E-state index contributed by atoms with van der Waals surface area (Å²) in [6.07, 6.45) is 4.90. The molecule has 3 nitrogen and oxygen atoms in total. The minimum Gasteiger partial charge on any atom is -0.304 e. The highest BCUT2D eigenvalue weighted by molar-refractivity contribution is 7.11. The van der Waals surface area contributed by atoms with Crippen molar-refractivity contribution in [2.24, 2.45) is 0 Å². The fourth-order valence-corrected chi connectivity index (χ4v) is 3.04. The molecule has 2 aromatic heterocycles. The SMILES string of the molecule is CCCNC(c1nc(C)c(C)s1)c1cnccc1C. The Hall–Kier alpha value is -1.26. The molecule has 0 spiro atoms. The number of aromatic nitrogens is 2. The van der Waals surface area contributed by atoms with Gasteiger partial charge in [-0.2, -0.15) is 0 Å². The monoisotopic (exact) mass is 275 g/mol. The first-order valence-electron chi connectivity index (χ1n) is 6.71. The zero-order valence-corrected chi connectivity index (χ0v) is 12.8. The van der Waals surface area contributed by atoms with Gasteiger partial charge in [-0.15, -0.1) is 11.3 Å². The lowest BCUT2D eigenvalue weighted by atomic mass is 10.0. The number of rotatable bonds is 5. The Bertz CT molecular complexity index is 529. The summed E-state index contributed by atoms with van der Waals surface area (Å²) in [5.74, 6) is 0. The molecule has 1 atom stereocenters. The first kappa shape index (κ1) is 14.2. The molecule has 0 saturated carbocycles. The molecule has 0 aliphatic heterocycles. The molecule has 0 radical (unpaired) electrons. The van der Waals surface area contributed by atoms with Crippen molar-refractivity contribution in [2.45, 2.75) is 40.2 Å². The lowest BCUT2D eigenvalue weighted by Gasteiger charge is -2.18. The van der Waals surface area contributed by atoms with Gasteiger partial charge in [-0.05, 0) is 50.9 Å². The minimum atomic E-state index is 0.158. The molecule has 1 unspecified atom stereocenters. The molecule has 0 aliphatic carbocycles. The van der Waals surface area contributed by atoms with Crippen molar-refractivity contribution < 1.29 is 0 Å². The predicted molar refractivity (Wildman–Crippen MR) is 80.7 cm³/mol. The van der Waals surface area contributed by atoms with E-state index in [1.807, 2.05) is 12.4 Å². The number of nitrogens with one attached hydrogen (secondary N) is 1. The summed E-state index contributed by atoms with van der Waals surface area (Å²) in [6.45, 7) is 9.49. The smallest absolute Gasteiger partial charge is 0.115 e. The largest absolute Gasteiger partial charge is 0.304 e. The van der Waals surface area contributed by atoms with Gasteiger partial charge in [0.05, 0.1) is 11.7 Å². The Morgan fingerprint density at radius 3 is 2.68 bits per heavy atom. The van der Waals surface area contributed by atoms with Crippen molar-refractivity contribution in [3.63, 3.8) is 0 Å². The normalized spacial score (nSPS) is 12.6. The topological polar surface area (TPSA) is 37.8 Å². The van der Waals surface area contributed by atoms with Crippen molar-refractivity contribution in [3.8, 4) is 0 Å². The summed E-state index contributed by atoms with van der Waals surface area (Å²) in [4.78, 5) is 10.3. The van der Waals surface area contributed by atoms with Crippen molar-refractivity contribution in [3.05, 3.63) is 45.2 Å². The molecule has 2 rings (SSSR count). The van der Waals surface area contributed by atoms with Crippen LogP contribution in [0.25, 0.3) is 0 Å². The van der Waals surface area contributed by atoms with Crippen LogP contribution in [0.1, 0.15) is 46.1 Å². The van der Waals surface area contributed by atoms with Gasteiger partial charge in [-0.1, -0.05) is 6.92 Å². The Balaban J connectivity index is 2.38. The highest BCUT2D eigenvalue weighted by Crippen LogP contribution is 2.29. The molecule has 2 aromatic rings. The van der Waals surface area contributed by atoms with E-state index in [0.717, 1.165) is 23.7 Å². The Morgan fingerprint density at radius 1 is 1.32 bits per heavy atom. The molecule has 0 fully saturated rings. The maximum Gasteiger partial charge on any atom is 0.115 e. The van der Waals surface area contributed by atoms with Gasteiger partial charge in [0.15, 0.2) is 0 Å². The summed E-state index contributed by atoms with van der Waals surface area (Å²) in [7, 11) is 0. The van der Waals surface area contributed by atoms with Crippen molar-refractivity contribution in [2.75, 3.05) is 6.54 Å². The third kappa shape index (κ3) is 3.19. The van der Waals surface area contributed by atoms with E-state index in [2.05, 4.69) is 44.1 Å². The third-order valence-corrected chi connectivity index (χ3v) is 4.42. The summed E-state index contributed by atoms with van der Waals surface area (Å²) in [6, 6.07) is 2.22. The molecule has 19 heavy (non-hydrogen) atoms. The van der Waals surface area contributed by atoms with Crippen LogP contribution in [0.2, 0.25) is 0 Å². The van der Waals surface area contributed by atoms with Crippen molar-refractivity contribution in [1.29, 1.82) is 0 Å². The summed E-state index contributed by atoms with van der Waals surface area (Å²) in [5.41, 5.74) is 3.61. The molecule has 102 valence electrons. The lowest BCUT2D eigenvalue weighted by molar-refractivity contribution is 0.591. The van der Waals surface area contributed by atoms with E-state index in [1.54, 1.807) is 11.3 Å². The van der Waals surface area contributed by atoms with Crippen LogP contribution >= 0.6 is 11.3 Å². The van der Waals surface area contributed by atoms with Crippen LogP contribution in [-0.2, 0) is 0 Å². The van der Waals surface area contributed by atoms with E-state index >= 15 is 0 Å². The first-order chi connectivity index (χ1) is 9.13. The van der Waals surface area contributed by atoms with Crippen LogP contribution in [-0.4, -0.2) is 16.5 Å². The number of hydrogen-bond donors (Lipinski definition) is 1. The molecule has 4 heteroatoms. The van der Waals surface area contributed by atoms with Gasteiger partial charge in [-0.3, -0.25) is 4.98 Å². The van der Waals surface area contributed by atoms with E-state index in [1.165, 1.54) is 16.0 Å². The number of pyridine rings is 1. The van der Waals surface area contributed by atoms with Gasteiger partial charge in [0.25, 0.3) is 0 Å². The Labute approximate surface area is 119 Å². The standard InChI is InChI=1S/C15H21N3S/c1-5-7-17-14(13-9-16-8-6-10(13)2)15-18-11(3)12(4)19-15/h6,8-9,14,17H,5,7H2,1-4H3. The quantitative estimate of drug-likeness (QED) is 0.906. The van der Waals surface area contributed by atoms with Crippen LogP contribution in [0.3, 0.4) is 0 Å². The maximum atomic E-state index is 4.71. The minimum absolute atomic E-state index is 0.158. The zero-order chi connectivity index (χ0) is 13.8. The number of aryl methyl sites for hydroxylation is 3. The second-order valence-corrected chi connectivity index (χ2v) is 6.05. The highest BCUT2D eigenvalue weighted by Gasteiger charge is 2.19. The van der Waals surface area contributed by atoms with Crippen molar-refractivity contribution in [1.82, 2.24) is 15.3 Å². The molecular weight excluding hydrogens is 254 g/mol. The van der Waals surface area contributed by atoms with Crippen LogP contribution < -0.4 is 5.32 Å². The van der Waals surface area contributed by atoms with Gasteiger partial charge in [0.1, 0.15) is 5.01 Å². The van der Waals surface area contributed by atoms with E-state index in [4.69, 9.17) is 4.98 Å². The first-order valence-corrected chi connectivity index (χ1v) is 7.53. The van der Waals surface area contributed by atoms with E-state index in [9.17, 15) is 0 Å². The van der Waals surface area contributed by atoms with Crippen LogP contribution in [0.5, 0.6) is 0 Å². The predicted octanol–water partition coefficient (Wildman–Crippen LogP) is 3.55. The van der Waals surface area contributed by atoms with Gasteiger partial charge in [-0.25, -0.2) is 4.98 Å². The van der Waals surface area contributed by atoms with Gasteiger partial charge in [0.2, 0.25) is 0 Å². The molecule has 0 aliphatic rings. The summed E-state index contributed by atoms with van der Waals surface area (Å²) in [5, 5.41) is 4.73. The fraction of sp³-hybridized carbons (Fsp3) is 0.467. The Morgan fingerprint density at radius 2 is 2.11 bits per heavy atom. The summed E-state index contributed by atoms with van der Waals surface area (Å²) >= 11 is 1.78. The molecule has 0 amide bonds. The molecule has 0 saturated heterocycles. The highest BCUT2D eigenvalue weighted by atomic mass is 32.1. The van der Waals surface area contributed by atoms with Crippen LogP contribution in [0, 0.1) is 20.8 Å². The van der Waals surface area contributed by atoms with E-state index in [-0.39, 0.29) is 6.04 Å².